The molecule has 0 bridgehead atoms. The third-order valence-corrected chi connectivity index (χ3v) is 19.5. The zero-order valence-corrected chi connectivity index (χ0v) is 64.4. The summed E-state index contributed by atoms with van der Waals surface area (Å²) in [5.41, 5.74) is 3.00. The van der Waals surface area contributed by atoms with Gasteiger partial charge in [-0.25, -0.2) is 24.1 Å². The standard InChI is InChI=1S/C33H43BFN5O7.C28H41B2FN2O5.C13H17IN2O2/c1-6-25(34(43)44)30(22-12-14-26-24(20-22)31(35)38-40(26)29-11-7-8-18-46-29)23-13-15-28(37-21-23)45-19-17-39(16-9-10-27(41)36-5)32(42)47-33(2,3)4;1-10-20(29-35-25(2,3)26(4,5)36-29)23(30-37-27(6,7)28(8,9)38-30)18-14-15-21-19(17-18)24(31)32-33(21)22-13-11-12-16-34-22;1-15-12(17)6-4-2-3-5-9-18-13-8-7-11(14)10-16-13/h9-10,12-15,20-21,29,43-44H,6-8,11,16-19H2,1-5H3,(H,36,41);14-15,17,22H,10-13,16H2,1-9H3;4,6-8,10H,2-3,5,9H2,1H3,(H,15,17)/b10-9+,30-25-;23-20-;6-4+. The number of nitrogens with zero attached hydrogens (tertiary/aromatic N) is 7. The van der Waals surface area contributed by atoms with E-state index >= 15 is 8.78 Å². The number of unbranched alkanes of at least 4 members (excludes halogenated alkanes) is 2. The lowest BCUT2D eigenvalue weighted by molar-refractivity contribution is -0.116. The van der Waals surface area contributed by atoms with Crippen molar-refractivity contribution in [3.8, 4) is 11.8 Å². The maximum atomic E-state index is 15.3. The van der Waals surface area contributed by atoms with Crippen LogP contribution < -0.4 is 20.1 Å². The number of allylic oxidation sites excluding steroid dienone is 3. The highest BCUT2D eigenvalue weighted by atomic mass is 127. The molecule has 4 aliphatic heterocycles. The Kier molecular flexibility index (Phi) is 28.7. The van der Waals surface area contributed by atoms with Gasteiger partial charge in [-0.05, 0) is 245 Å². The number of aromatic nitrogens is 6. The number of rotatable bonds is 24. The van der Waals surface area contributed by atoms with Gasteiger partial charge < -0.3 is 67.9 Å². The number of amides is 3. The minimum absolute atomic E-state index is 0.0608. The van der Waals surface area contributed by atoms with Crippen LogP contribution in [0.3, 0.4) is 0 Å². The molecular formula is C74H101B3F2IN9O14. The molecule has 4 aromatic heterocycles. The fraction of sp³-hybridized carbons (Fsp3) is 0.527. The van der Waals surface area contributed by atoms with Gasteiger partial charge in [-0.15, -0.1) is 10.2 Å². The zero-order valence-electron chi connectivity index (χ0n) is 62.2. The second-order valence-electron chi connectivity index (χ2n) is 28.5. The van der Waals surface area contributed by atoms with Crippen LogP contribution in [0, 0.1) is 15.5 Å². The van der Waals surface area contributed by atoms with Crippen molar-refractivity contribution in [1.82, 2.24) is 45.1 Å². The predicted molar refractivity (Wildman–Crippen MR) is 403 cm³/mol. The largest absolute Gasteiger partial charge is 0.494 e. The predicted octanol–water partition coefficient (Wildman–Crippen LogP) is 13.2. The molecule has 0 saturated carbocycles. The summed E-state index contributed by atoms with van der Waals surface area (Å²) in [6, 6.07) is 18.2. The van der Waals surface area contributed by atoms with Gasteiger partial charge in [-0.3, -0.25) is 9.59 Å². The Morgan fingerprint density at radius 2 is 1.18 bits per heavy atom. The van der Waals surface area contributed by atoms with Crippen molar-refractivity contribution in [2.45, 2.75) is 201 Å². The molecule has 4 aliphatic rings. The molecule has 0 aliphatic carbocycles. The molecule has 0 radical (unpaired) electrons. The van der Waals surface area contributed by atoms with Gasteiger partial charge in [0.2, 0.25) is 35.5 Å². The molecule has 556 valence electrons. The van der Waals surface area contributed by atoms with Crippen molar-refractivity contribution < 1.29 is 75.5 Å². The number of likely N-dealkylation sites (N-methyl/N-ethyl adjacent to an activating group) is 2. The summed E-state index contributed by atoms with van der Waals surface area (Å²) in [5.74, 6) is -0.568. The summed E-state index contributed by atoms with van der Waals surface area (Å²) in [5, 5.41) is 34.6. The van der Waals surface area contributed by atoms with Crippen LogP contribution in [0.5, 0.6) is 11.8 Å². The van der Waals surface area contributed by atoms with E-state index in [2.05, 4.69) is 60.3 Å². The minimum Gasteiger partial charge on any atom is -0.478 e. The Balaban J connectivity index is 0.000000214. The van der Waals surface area contributed by atoms with Crippen molar-refractivity contribution in [3.05, 3.63) is 140 Å². The lowest BCUT2D eigenvalue weighted by Gasteiger charge is -2.32. The quantitative estimate of drug-likeness (QED) is 0.0190. The van der Waals surface area contributed by atoms with Crippen LogP contribution in [-0.2, 0) is 42.4 Å². The Morgan fingerprint density at radius 3 is 1.66 bits per heavy atom. The molecule has 2 unspecified atom stereocenters. The third-order valence-electron chi connectivity index (χ3n) is 18.9. The number of pyridine rings is 2. The van der Waals surface area contributed by atoms with Crippen LogP contribution in [0.15, 0.2) is 108 Å². The Labute approximate surface area is 618 Å². The molecule has 2 aromatic carbocycles. The van der Waals surface area contributed by atoms with Crippen molar-refractivity contribution in [2.75, 3.05) is 53.6 Å². The molecule has 4 saturated heterocycles. The maximum Gasteiger partial charge on any atom is 0.494 e. The van der Waals surface area contributed by atoms with Crippen LogP contribution >= 0.6 is 22.6 Å². The van der Waals surface area contributed by atoms with Gasteiger partial charge >= 0.3 is 27.4 Å². The number of hydrogen-bond acceptors (Lipinski definition) is 18. The van der Waals surface area contributed by atoms with Gasteiger partial charge in [0.1, 0.15) is 12.2 Å². The molecule has 0 spiro atoms. The first-order valence-corrected chi connectivity index (χ1v) is 36.6. The van der Waals surface area contributed by atoms with Crippen LogP contribution in [0.4, 0.5) is 13.6 Å². The molecule has 6 aromatic rings. The van der Waals surface area contributed by atoms with Crippen molar-refractivity contribution in [2.24, 2.45) is 0 Å². The number of benzene rings is 2. The lowest BCUT2D eigenvalue weighted by atomic mass is 9.61. The number of ether oxygens (including phenoxy) is 5. The lowest BCUT2D eigenvalue weighted by Crippen LogP contribution is -2.41. The summed E-state index contributed by atoms with van der Waals surface area (Å²) in [6.07, 6.45) is 17.8. The second-order valence-corrected chi connectivity index (χ2v) is 29.8. The second kappa shape index (κ2) is 36.3. The number of hydrogen-bond donors (Lipinski definition) is 4. The van der Waals surface area contributed by atoms with Crippen LogP contribution in [-0.4, -0.2) is 165 Å². The first-order valence-electron chi connectivity index (χ1n) is 35.5. The first-order chi connectivity index (χ1) is 48.8. The highest BCUT2D eigenvalue weighted by molar-refractivity contribution is 14.1. The highest BCUT2D eigenvalue weighted by Gasteiger charge is 2.57. The van der Waals surface area contributed by atoms with Gasteiger partial charge in [0.15, 0.2) is 12.5 Å². The van der Waals surface area contributed by atoms with Gasteiger partial charge in [-0.2, -0.15) is 8.78 Å². The van der Waals surface area contributed by atoms with E-state index in [1.807, 2.05) is 91.8 Å². The summed E-state index contributed by atoms with van der Waals surface area (Å²) < 4.78 is 89.4. The number of nitrogens with one attached hydrogen (secondary N) is 2. The summed E-state index contributed by atoms with van der Waals surface area (Å²) in [4.78, 5) is 45.2. The highest BCUT2D eigenvalue weighted by Crippen LogP contribution is 2.46. The molecule has 4 N–H and O–H groups in total. The maximum absolute atomic E-state index is 15.3. The molecule has 3 amide bonds. The molecule has 23 nitrogen and oxygen atoms in total. The average Bonchev–Trinajstić information content (AvgIpc) is 1.60. The number of carbonyl (C=O) groups is 3. The summed E-state index contributed by atoms with van der Waals surface area (Å²) in [6.45, 7) is 27.7. The van der Waals surface area contributed by atoms with Crippen LogP contribution in [0.1, 0.15) is 190 Å². The van der Waals surface area contributed by atoms with E-state index in [1.165, 1.54) is 18.0 Å². The van der Waals surface area contributed by atoms with E-state index in [1.54, 1.807) is 99.0 Å². The number of halogens is 3. The molecule has 4 fully saturated rings. The monoisotopic (exact) mass is 1540 g/mol. The normalized spacial score (nSPS) is 18.9. The van der Waals surface area contributed by atoms with E-state index in [0.717, 1.165) is 77.9 Å². The third kappa shape index (κ3) is 21.3. The molecule has 8 heterocycles. The number of carbonyl (C=O) groups excluding carboxylic acids is 3. The van der Waals surface area contributed by atoms with E-state index in [-0.39, 0.29) is 49.8 Å². The van der Waals surface area contributed by atoms with Crippen molar-refractivity contribution in [1.29, 1.82) is 0 Å². The zero-order chi connectivity index (χ0) is 75.0. The Bertz CT molecular complexity index is 3950. The van der Waals surface area contributed by atoms with Crippen molar-refractivity contribution in [3.63, 3.8) is 0 Å². The van der Waals surface area contributed by atoms with E-state index in [9.17, 15) is 24.4 Å². The fourth-order valence-electron chi connectivity index (χ4n) is 11.8. The SMILES string of the molecule is CC/C(B(O)O)=C(/c1ccc(OCCN(C/C=C/C(=O)NC)C(=O)OC(C)(C)C)nc1)c1ccc2c(c1)c(F)nn2C1CCCCO1.CC/C(B1OC(C)(C)C(C)(C)O1)=C(/B1OC(C)(C)C(C)(C)O1)c1ccc2c(c1)c(F)nn2C1CCCCO1.CNC(=O)/C=C/CCCCOc1ccc(I)cn1. The van der Waals surface area contributed by atoms with Crippen LogP contribution in [0.25, 0.3) is 32.9 Å². The Hall–Kier alpha value is -7.09. The Morgan fingerprint density at radius 1 is 0.680 bits per heavy atom. The molecule has 103 heavy (non-hydrogen) atoms. The molecule has 10 rings (SSSR count). The van der Waals surface area contributed by atoms with Gasteiger partial charge in [-0.1, -0.05) is 38.1 Å². The van der Waals surface area contributed by atoms with Crippen molar-refractivity contribution >= 4 is 94.7 Å². The smallest absolute Gasteiger partial charge is 0.478 e. The fourth-order valence-corrected chi connectivity index (χ4v) is 12.1. The molecular weight excluding hydrogens is 1440 g/mol. The van der Waals surface area contributed by atoms with Crippen LogP contribution in [0.2, 0.25) is 0 Å². The topological polar surface area (TPSA) is 263 Å². The van der Waals surface area contributed by atoms with E-state index in [0.29, 0.717) is 82.5 Å². The van der Waals surface area contributed by atoms with Gasteiger partial charge in [0.05, 0.1) is 57.4 Å². The average molecular weight is 1540 g/mol. The first kappa shape index (κ1) is 81.6. The minimum atomic E-state index is -1.75. The summed E-state index contributed by atoms with van der Waals surface area (Å²) in [7, 11) is 0.124. The van der Waals surface area contributed by atoms with Gasteiger partial charge in [0.25, 0.3) is 0 Å². The molecule has 2 atom stereocenters. The van der Waals surface area contributed by atoms with Gasteiger partial charge in [0, 0.05) is 73.6 Å². The number of fused-ring (bicyclic) bond motifs is 2. The van der Waals surface area contributed by atoms with E-state index < -0.39 is 67.3 Å². The molecule has 29 heteroatoms. The summed E-state index contributed by atoms with van der Waals surface area (Å²) >= 11 is 2.21. The van der Waals surface area contributed by atoms with E-state index in [4.69, 9.17) is 42.3 Å².